The van der Waals surface area contributed by atoms with E-state index in [1.165, 1.54) is 76.3 Å². The third-order valence-electron chi connectivity index (χ3n) is 7.98. The molecule has 4 aromatic rings. The van der Waals surface area contributed by atoms with Crippen LogP contribution in [0.15, 0.2) is 94.0 Å². The van der Waals surface area contributed by atoms with Crippen LogP contribution in [0.3, 0.4) is 0 Å². The first-order valence-corrected chi connectivity index (χ1v) is 18.0. The summed E-state index contributed by atoms with van der Waals surface area (Å²) in [6.45, 7) is 2.79. The monoisotopic (exact) mass is 645 g/mol. The first-order valence-electron chi connectivity index (χ1n) is 16.5. The Morgan fingerprint density at radius 1 is 0.739 bits per heavy atom. The Bertz CT molecular complexity index is 1660. The summed E-state index contributed by atoms with van der Waals surface area (Å²) in [6.07, 6.45) is 15.2. The number of anilines is 1. The number of nitrogens with zero attached hydrogens (tertiary/aromatic N) is 2. The summed E-state index contributed by atoms with van der Waals surface area (Å²) in [7, 11) is -2.34. The molecule has 0 radical (unpaired) electrons. The Morgan fingerprint density at radius 3 is 2.07 bits per heavy atom. The highest BCUT2D eigenvalue weighted by molar-refractivity contribution is 7.92. The number of phenolic OH excluding ortho intramolecular Hbond substituents is 1. The molecule has 0 unspecified atom stereocenters. The van der Waals surface area contributed by atoms with Crippen LogP contribution in [0.2, 0.25) is 0 Å². The van der Waals surface area contributed by atoms with Gasteiger partial charge in [0.05, 0.1) is 30.0 Å². The minimum atomic E-state index is -3.93. The van der Waals surface area contributed by atoms with E-state index in [0.717, 1.165) is 12.8 Å². The van der Waals surface area contributed by atoms with Crippen molar-refractivity contribution in [2.75, 3.05) is 18.4 Å². The predicted octanol–water partition coefficient (Wildman–Crippen LogP) is 10.9. The zero-order chi connectivity index (χ0) is 32.6. The summed E-state index contributed by atoms with van der Waals surface area (Å²) in [5.74, 6) is 1.14. The first kappa shape index (κ1) is 34.8. The lowest BCUT2D eigenvalue weighted by atomic mass is 10.1. The van der Waals surface area contributed by atoms with Gasteiger partial charge in [-0.1, -0.05) is 102 Å². The Morgan fingerprint density at radius 2 is 1.39 bits per heavy atom. The molecule has 0 saturated carbocycles. The molecule has 0 atom stereocenters. The van der Waals surface area contributed by atoms with E-state index in [9.17, 15) is 13.5 Å². The summed E-state index contributed by atoms with van der Waals surface area (Å²) in [6, 6.07) is 21.9. The summed E-state index contributed by atoms with van der Waals surface area (Å²) >= 11 is 0. The van der Waals surface area contributed by atoms with Crippen LogP contribution in [0, 0.1) is 0 Å². The van der Waals surface area contributed by atoms with Crippen molar-refractivity contribution in [3.63, 3.8) is 0 Å². The number of para-hydroxylation sites is 2. The number of azo groups is 1. The van der Waals surface area contributed by atoms with Crippen molar-refractivity contribution < 1.29 is 23.0 Å². The van der Waals surface area contributed by atoms with Gasteiger partial charge < -0.3 is 14.6 Å². The van der Waals surface area contributed by atoms with Crippen LogP contribution in [-0.4, -0.2) is 27.2 Å². The lowest BCUT2D eigenvalue weighted by Crippen LogP contribution is -2.14. The Kier molecular flexibility index (Phi) is 13.7. The van der Waals surface area contributed by atoms with Gasteiger partial charge in [0.15, 0.2) is 0 Å². The van der Waals surface area contributed by atoms with Crippen LogP contribution in [0.1, 0.15) is 84.0 Å². The van der Waals surface area contributed by atoms with E-state index in [-0.39, 0.29) is 16.3 Å². The fourth-order valence-corrected chi connectivity index (χ4v) is 6.42. The van der Waals surface area contributed by atoms with Gasteiger partial charge in [0.2, 0.25) is 0 Å². The summed E-state index contributed by atoms with van der Waals surface area (Å²) in [4.78, 5) is 0.0829. The molecule has 0 fully saturated rings. The molecule has 46 heavy (non-hydrogen) atoms. The molecule has 2 N–H and O–H groups in total. The molecular weight excluding hydrogens is 598 g/mol. The molecule has 0 saturated heterocycles. The van der Waals surface area contributed by atoms with Gasteiger partial charge in [-0.2, -0.15) is 5.11 Å². The second-order valence-electron chi connectivity index (χ2n) is 11.6. The number of hydrogen-bond donors (Lipinski definition) is 2. The van der Waals surface area contributed by atoms with Crippen LogP contribution >= 0.6 is 0 Å². The van der Waals surface area contributed by atoms with Crippen LogP contribution < -0.4 is 14.2 Å². The molecule has 0 spiro atoms. The van der Waals surface area contributed by atoms with E-state index < -0.39 is 10.0 Å². The highest BCUT2D eigenvalue weighted by Gasteiger charge is 2.18. The fraction of sp³-hybridized carbons (Fsp3) is 0.405. The Hall–Kier alpha value is -4.11. The minimum absolute atomic E-state index is 0.0577. The molecule has 4 rings (SSSR count). The average molecular weight is 646 g/mol. The largest absolute Gasteiger partial charge is 0.506 e. The number of unbranched alkanes of at least 4 members (excludes halogenated alkanes) is 11. The average Bonchev–Trinajstić information content (AvgIpc) is 3.07. The Labute approximate surface area is 273 Å². The molecule has 0 heterocycles. The SMILES string of the molecule is CCCCCCCCCCCCCCOc1ccccc1NS(=O)(=O)c1ccc2c(N=Nc3ccc(OC)cc3)c(O)ccc2c1. The molecule has 4 aromatic carbocycles. The van der Waals surface area contributed by atoms with E-state index >= 15 is 0 Å². The molecule has 0 aliphatic rings. The van der Waals surface area contributed by atoms with E-state index in [2.05, 4.69) is 21.9 Å². The van der Waals surface area contributed by atoms with E-state index in [4.69, 9.17) is 9.47 Å². The maximum absolute atomic E-state index is 13.4. The molecule has 8 nitrogen and oxygen atoms in total. The number of benzene rings is 4. The first-order chi connectivity index (χ1) is 22.4. The summed E-state index contributed by atoms with van der Waals surface area (Å²) in [5.41, 5.74) is 1.23. The third kappa shape index (κ3) is 10.5. The number of fused-ring (bicyclic) bond motifs is 1. The maximum Gasteiger partial charge on any atom is 0.262 e. The van der Waals surface area contributed by atoms with Gasteiger partial charge >= 0.3 is 0 Å². The van der Waals surface area contributed by atoms with Crippen molar-refractivity contribution >= 4 is 37.9 Å². The van der Waals surface area contributed by atoms with E-state index in [1.54, 1.807) is 67.8 Å². The zero-order valence-electron chi connectivity index (χ0n) is 27.1. The number of aromatic hydroxyl groups is 1. The highest BCUT2D eigenvalue weighted by Crippen LogP contribution is 2.37. The quantitative estimate of drug-likeness (QED) is 0.0734. The predicted molar refractivity (Wildman–Crippen MR) is 187 cm³/mol. The standard InChI is InChI=1S/C37H47N3O5S/c1-3-4-5-6-7-8-9-10-11-12-13-16-27-45-36-18-15-14-17-34(36)40-46(42,43)32-24-25-33-29(28-32)19-26-35(41)37(33)39-38-30-20-22-31(44-2)23-21-30/h14-15,17-26,28,40-41H,3-13,16,27H2,1-2H3. The second-order valence-corrected chi connectivity index (χ2v) is 13.2. The molecule has 0 aliphatic heterocycles. The molecule has 0 amide bonds. The van der Waals surface area contributed by atoms with Crippen molar-refractivity contribution in [3.05, 3.63) is 78.9 Å². The lowest BCUT2D eigenvalue weighted by molar-refractivity contribution is 0.306. The Balaban J connectivity index is 1.31. The van der Waals surface area contributed by atoms with E-state index in [1.807, 2.05) is 6.07 Å². The number of rotatable bonds is 20. The van der Waals surface area contributed by atoms with Gasteiger partial charge in [-0.05, 0) is 66.4 Å². The van der Waals surface area contributed by atoms with Crippen molar-refractivity contribution in [2.45, 2.75) is 88.9 Å². The third-order valence-corrected chi connectivity index (χ3v) is 9.34. The van der Waals surface area contributed by atoms with Crippen LogP contribution in [-0.2, 0) is 10.0 Å². The molecule has 0 bridgehead atoms. The number of sulfonamides is 1. The smallest absolute Gasteiger partial charge is 0.262 e. The lowest BCUT2D eigenvalue weighted by Gasteiger charge is -2.14. The maximum atomic E-state index is 13.4. The van der Waals surface area contributed by atoms with Crippen LogP contribution in [0.25, 0.3) is 10.8 Å². The zero-order valence-corrected chi connectivity index (χ0v) is 27.9. The van der Waals surface area contributed by atoms with Crippen molar-refractivity contribution in [2.24, 2.45) is 10.2 Å². The van der Waals surface area contributed by atoms with Crippen molar-refractivity contribution in [1.29, 1.82) is 0 Å². The number of ether oxygens (including phenoxy) is 2. The second kappa shape index (κ2) is 18.1. The fourth-order valence-electron chi connectivity index (χ4n) is 5.31. The number of phenols is 1. The molecule has 246 valence electrons. The van der Waals surface area contributed by atoms with Gasteiger partial charge in [0.1, 0.15) is 22.9 Å². The molecular formula is C37H47N3O5S. The number of methoxy groups -OCH3 is 1. The van der Waals surface area contributed by atoms with Gasteiger partial charge in [-0.15, -0.1) is 5.11 Å². The molecule has 0 aromatic heterocycles. The van der Waals surface area contributed by atoms with Crippen molar-refractivity contribution in [3.8, 4) is 17.2 Å². The van der Waals surface area contributed by atoms with Crippen LogP contribution in [0.5, 0.6) is 17.2 Å². The number of nitrogens with one attached hydrogen (secondary N) is 1. The highest BCUT2D eigenvalue weighted by atomic mass is 32.2. The molecule has 0 aliphatic carbocycles. The van der Waals surface area contributed by atoms with Crippen LogP contribution in [0.4, 0.5) is 17.1 Å². The number of hydrogen-bond acceptors (Lipinski definition) is 7. The van der Waals surface area contributed by atoms with Gasteiger partial charge in [-0.3, -0.25) is 4.72 Å². The van der Waals surface area contributed by atoms with E-state index in [0.29, 0.717) is 40.3 Å². The summed E-state index contributed by atoms with van der Waals surface area (Å²) in [5, 5.41) is 20.2. The topological polar surface area (TPSA) is 110 Å². The van der Waals surface area contributed by atoms with Gasteiger partial charge in [0, 0.05) is 5.39 Å². The minimum Gasteiger partial charge on any atom is -0.506 e. The van der Waals surface area contributed by atoms with Crippen molar-refractivity contribution in [1.82, 2.24) is 0 Å². The van der Waals surface area contributed by atoms with Gasteiger partial charge in [-0.25, -0.2) is 8.42 Å². The summed E-state index contributed by atoms with van der Waals surface area (Å²) < 4.78 is 40.7. The molecule has 9 heteroatoms. The normalized spacial score (nSPS) is 11.7. The van der Waals surface area contributed by atoms with Gasteiger partial charge in [0.25, 0.3) is 10.0 Å².